The first kappa shape index (κ1) is 24.6. The molecule has 186 valence electrons. The fourth-order valence-corrected chi connectivity index (χ4v) is 4.82. The molecule has 35 heavy (non-hydrogen) atoms. The molecule has 1 fully saturated rings. The lowest BCUT2D eigenvalue weighted by atomic mass is 9.94. The van der Waals surface area contributed by atoms with Crippen molar-refractivity contribution in [1.29, 1.82) is 0 Å². The number of hydrogen-bond acceptors (Lipinski definition) is 6. The molecule has 0 aromatic heterocycles. The molecule has 1 saturated heterocycles. The van der Waals surface area contributed by atoms with E-state index in [-0.39, 0.29) is 19.6 Å². The van der Waals surface area contributed by atoms with Crippen LogP contribution < -0.4 is 10.1 Å². The van der Waals surface area contributed by atoms with Crippen molar-refractivity contribution in [2.45, 2.75) is 57.2 Å². The van der Waals surface area contributed by atoms with E-state index < -0.39 is 36.2 Å². The van der Waals surface area contributed by atoms with Crippen LogP contribution in [0.15, 0.2) is 43.0 Å². The minimum absolute atomic E-state index is 0.193. The molecule has 3 atom stereocenters. The van der Waals surface area contributed by atoms with Crippen molar-refractivity contribution in [3.05, 3.63) is 48.5 Å². The lowest BCUT2D eigenvalue weighted by molar-refractivity contribution is -0.151. The van der Waals surface area contributed by atoms with Gasteiger partial charge in [-0.05, 0) is 55.0 Å². The Morgan fingerprint density at radius 3 is 2.74 bits per heavy atom. The minimum Gasteiger partial charge on any atom is -0.488 e. The zero-order chi connectivity index (χ0) is 24.9. The molecule has 2 aliphatic rings. The maximum absolute atomic E-state index is 13.2. The molecule has 0 spiro atoms. The number of amides is 2. The van der Waals surface area contributed by atoms with Crippen LogP contribution in [0.3, 0.4) is 0 Å². The quantitative estimate of drug-likeness (QED) is 0.619. The van der Waals surface area contributed by atoms with Crippen LogP contribution in [-0.2, 0) is 19.1 Å². The van der Waals surface area contributed by atoms with E-state index in [4.69, 9.17) is 14.2 Å². The molecule has 2 aromatic rings. The maximum Gasteiger partial charge on any atom is 0.407 e. The summed E-state index contributed by atoms with van der Waals surface area (Å²) in [7, 11) is 1.29. The third-order valence-electron chi connectivity index (χ3n) is 6.62. The number of nitrogens with one attached hydrogen (secondary N) is 1. The number of cyclic esters (lactones) is 1. The SMILES string of the molecule is C=C1CCCCCOC(=O)N[C@@H](C)C(=O)N2C[C@@H](C[C@H]2C(=O)OC)Oc2ccc3ccccc3c21. The lowest BCUT2D eigenvalue weighted by Gasteiger charge is -2.25. The third kappa shape index (κ3) is 5.42. The number of hydrogen-bond donors (Lipinski definition) is 1. The van der Waals surface area contributed by atoms with Crippen LogP contribution in [0.5, 0.6) is 5.75 Å². The van der Waals surface area contributed by atoms with Crippen LogP contribution in [0.2, 0.25) is 0 Å². The van der Waals surface area contributed by atoms with E-state index in [1.807, 2.05) is 24.3 Å². The first-order valence-corrected chi connectivity index (χ1v) is 12.1. The number of benzene rings is 2. The molecule has 0 aliphatic carbocycles. The van der Waals surface area contributed by atoms with Crippen molar-refractivity contribution < 1.29 is 28.6 Å². The van der Waals surface area contributed by atoms with Crippen molar-refractivity contribution in [2.24, 2.45) is 0 Å². The highest BCUT2D eigenvalue weighted by atomic mass is 16.5. The van der Waals surface area contributed by atoms with Crippen molar-refractivity contribution in [1.82, 2.24) is 10.2 Å². The number of fused-ring (bicyclic) bond motifs is 5. The second-order valence-corrected chi connectivity index (χ2v) is 9.08. The molecule has 0 saturated carbocycles. The van der Waals surface area contributed by atoms with Gasteiger partial charge < -0.3 is 24.4 Å². The minimum atomic E-state index is -0.861. The number of methoxy groups -OCH3 is 1. The monoisotopic (exact) mass is 480 g/mol. The van der Waals surface area contributed by atoms with Gasteiger partial charge in [-0.25, -0.2) is 9.59 Å². The van der Waals surface area contributed by atoms with E-state index in [1.54, 1.807) is 6.92 Å². The number of allylic oxidation sites excluding steroid dienone is 1. The Morgan fingerprint density at radius 2 is 1.94 bits per heavy atom. The summed E-state index contributed by atoms with van der Waals surface area (Å²) in [6.07, 6.45) is 2.45. The van der Waals surface area contributed by atoms with Crippen LogP contribution in [0.4, 0.5) is 4.79 Å². The molecule has 2 heterocycles. The van der Waals surface area contributed by atoms with E-state index in [2.05, 4.69) is 24.0 Å². The smallest absolute Gasteiger partial charge is 0.407 e. The van der Waals surface area contributed by atoms with E-state index >= 15 is 0 Å². The second-order valence-electron chi connectivity index (χ2n) is 9.08. The fraction of sp³-hybridized carbons (Fsp3) is 0.444. The summed E-state index contributed by atoms with van der Waals surface area (Å²) in [5.41, 5.74) is 1.91. The first-order chi connectivity index (χ1) is 16.9. The van der Waals surface area contributed by atoms with Gasteiger partial charge in [0.05, 0.1) is 20.3 Å². The summed E-state index contributed by atoms with van der Waals surface area (Å²) in [6.45, 7) is 6.39. The van der Waals surface area contributed by atoms with Crippen LogP contribution in [0, 0.1) is 0 Å². The Hall–Kier alpha value is -3.55. The third-order valence-corrected chi connectivity index (χ3v) is 6.62. The van der Waals surface area contributed by atoms with Gasteiger partial charge in [-0.2, -0.15) is 0 Å². The van der Waals surface area contributed by atoms with E-state index in [0.717, 1.165) is 41.2 Å². The molecule has 8 nitrogen and oxygen atoms in total. The summed E-state index contributed by atoms with van der Waals surface area (Å²) < 4.78 is 16.6. The van der Waals surface area contributed by atoms with Crippen molar-refractivity contribution in [3.63, 3.8) is 0 Å². The molecule has 2 aromatic carbocycles. The number of esters is 1. The zero-order valence-electron chi connectivity index (χ0n) is 20.2. The van der Waals surface area contributed by atoms with Gasteiger partial charge >= 0.3 is 12.1 Å². The summed E-state index contributed by atoms with van der Waals surface area (Å²) in [5, 5.41) is 4.71. The summed E-state index contributed by atoms with van der Waals surface area (Å²) in [5.74, 6) is -0.224. The molecule has 2 amide bonds. The van der Waals surface area contributed by atoms with Gasteiger partial charge in [0.25, 0.3) is 0 Å². The number of carbonyl (C=O) groups excluding carboxylic acids is 3. The normalized spacial score (nSPS) is 24.1. The van der Waals surface area contributed by atoms with Gasteiger partial charge in [0.2, 0.25) is 5.91 Å². The predicted molar refractivity (Wildman–Crippen MR) is 132 cm³/mol. The average molecular weight is 481 g/mol. The van der Waals surface area contributed by atoms with Crippen LogP contribution in [-0.4, -0.2) is 61.3 Å². The van der Waals surface area contributed by atoms with Crippen LogP contribution in [0.25, 0.3) is 16.3 Å². The molecule has 2 aliphatic heterocycles. The summed E-state index contributed by atoms with van der Waals surface area (Å²) in [6, 6.07) is 10.4. The van der Waals surface area contributed by atoms with Gasteiger partial charge in [0.15, 0.2) is 0 Å². The largest absolute Gasteiger partial charge is 0.488 e. The Morgan fingerprint density at radius 1 is 1.14 bits per heavy atom. The maximum atomic E-state index is 13.2. The number of alkyl carbamates (subject to hydrolysis) is 1. The van der Waals surface area contributed by atoms with E-state index in [9.17, 15) is 14.4 Å². The topological polar surface area (TPSA) is 94.2 Å². The van der Waals surface area contributed by atoms with Crippen molar-refractivity contribution in [3.8, 4) is 5.75 Å². The predicted octanol–water partition coefficient (Wildman–Crippen LogP) is 4.06. The highest BCUT2D eigenvalue weighted by Gasteiger charge is 2.43. The van der Waals surface area contributed by atoms with Crippen molar-refractivity contribution >= 4 is 34.3 Å². The number of carbonyl (C=O) groups is 3. The van der Waals surface area contributed by atoms with Crippen molar-refractivity contribution in [2.75, 3.05) is 20.3 Å². The first-order valence-electron chi connectivity index (χ1n) is 12.1. The molecule has 0 radical (unpaired) electrons. The Balaban J connectivity index is 1.70. The fourth-order valence-electron chi connectivity index (χ4n) is 4.82. The molecule has 8 heteroatoms. The van der Waals surface area contributed by atoms with Gasteiger partial charge in [-0.3, -0.25) is 4.79 Å². The standard InChI is InChI=1S/C27H32N2O6/c1-17-9-5-4-8-14-34-27(32)28-18(2)25(30)29-16-20(15-22(29)26(31)33-3)35-23-13-12-19-10-6-7-11-21(19)24(17)23/h6-7,10-13,18,20,22H,1,4-5,8-9,14-16H2,2-3H3,(H,28,32)/t18-,20+,22-/m0/s1. The lowest BCUT2D eigenvalue weighted by Crippen LogP contribution is -2.51. The van der Waals surface area contributed by atoms with Gasteiger partial charge in [0.1, 0.15) is 23.9 Å². The van der Waals surface area contributed by atoms with Crippen LogP contribution >= 0.6 is 0 Å². The Kier molecular flexibility index (Phi) is 7.58. The molecule has 2 bridgehead atoms. The molecule has 4 rings (SSSR count). The van der Waals surface area contributed by atoms with E-state index in [0.29, 0.717) is 12.2 Å². The molecule has 1 N–H and O–H groups in total. The molecular formula is C27H32N2O6. The van der Waals surface area contributed by atoms with Gasteiger partial charge in [0, 0.05) is 12.0 Å². The average Bonchev–Trinajstić information content (AvgIpc) is 3.27. The number of ether oxygens (including phenoxy) is 3. The summed E-state index contributed by atoms with van der Waals surface area (Å²) >= 11 is 0. The van der Waals surface area contributed by atoms with Gasteiger partial charge in [-0.15, -0.1) is 0 Å². The Labute approximate surface area is 205 Å². The number of nitrogens with zero attached hydrogens (tertiary/aromatic N) is 1. The highest BCUT2D eigenvalue weighted by molar-refractivity contribution is 5.96. The molecule has 0 unspecified atom stereocenters. The van der Waals surface area contributed by atoms with Crippen LogP contribution in [0.1, 0.15) is 44.6 Å². The van der Waals surface area contributed by atoms with Gasteiger partial charge in [-0.1, -0.05) is 36.9 Å². The molecular weight excluding hydrogens is 448 g/mol. The second kappa shape index (κ2) is 10.8. The highest BCUT2D eigenvalue weighted by Crippen LogP contribution is 2.37. The zero-order valence-corrected chi connectivity index (χ0v) is 20.2. The van der Waals surface area contributed by atoms with E-state index in [1.165, 1.54) is 12.0 Å². The Bertz CT molecular complexity index is 1130. The number of rotatable bonds is 1. The summed E-state index contributed by atoms with van der Waals surface area (Å²) in [4.78, 5) is 39.3.